The number of hydrogen-bond acceptors (Lipinski definition) is 3. The molecule has 1 fully saturated rings. The second-order valence-electron chi connectivity index (χ2n) is 5.17. The van der Waals surface area contributed by atoms with Crippen LogP contribution in [-0.2, 0) is 10.0 Å². The Hall–Kier alpha value is -1.86. The van der Waals surface area contributed by atoms with Gasteiger partial charge in [0.2, 0.25) is 10.0 Å². The van der Waals surface area contributed by atoms with Gasteiger partial charge in [0.25, 0.3) is 0 Å². The van der Waals surface area contributed by atoms with E-state index in [2.05, 4.69) is 4.98 Å². The van der Waals surface area contributed by atoms with E-state index in [0.29, 0.717) is 25.5 Å². The van der Waals surface area contributed by atoms with Gasteiger partial charge in [-0.05, 0) is 36.6 Å². The number of pyridine rings is 1. The maximum atomic E-state index is 13.3. The van der Waals surface area contributed by atoms with E-state index < -0.39 is 21.7 Å². The minimum absolute atomic E-state index is 0.319. The SMILES string of the molecule is O=S(=O)(c1cc(F)cc(F)c1)N1CCCC1c1cccnc1. The lowest BCUT2D eigenvalue weighted by atomic mass is 10.1. The first-order valence-electron chi connectivity index (χ1n) is 6.86. The summed E-state index contributed by atoms with van der Waals surface area (Å²) in [4.78, 5) is 3.64. The van der Waals surface area contributed by atoms with Crippen LogP contribution in [0.3, 0.4) is 0 Å². The molecule has 4 nitrogen and oxygen atoms in total. The Morgan fingerprint density at radius 2 is 1.91 bits per heavy atom. The van der Waals surface area contributed by atoms with Gasteiger partial charge in [0, 0.05) is 25.0 Å². The number of sulfonamides is 1. The molecule has 0 amide bonds. The number of halogens is 2. The van der Waals surface area contributed by atoms with E-state index in [0.717, 1.165) is 17.7 Å². The van der Waals surface area contributed by atoms with E-state index in [4.69, 9.17) is 0 Å². The first-order valence-corrected chi connectivity index (χ1v) is 8.30. The number of hydrogen-bond donors (Lipinski definition) is 0. The van der Waals surface area contributed by atoms with Crippen molar-refractivity contribution in [3.8, 4) is 0 Å². The molecule has 1 aromatic carbocycles. The van der Waals surface area contributed by atoms with Crippen molar-refractivity contribution < 1.29 is 17.2 Å². The Labute approximate surface area is 127 Å². The zero-order valence-corrected chi connectivity index (χ0v) is 12.4. The number of benzene rings is 1. The smallest absolute Gasteiger partial charge is 0.243 e. The van der Waals surface area contributed by atoms with Crippen LogP contribution in [-0.4, -0.2) is 24.3 Å². The third-order valence-corrected chi connectivity index (χ3v) is 5.60. The maximum absolute atomic E-state index is 13.3. The number of aromatic nitrogens is 1. The van der Waals surface area contributed by atoms with Crippen LogP contribution in [0.25, 0.3) is 0 Å². The normalized spacial score (nSPS) is 19.5. The number of rotatable bonds is 3. The van der Waals surface area contributed by atoms with Crippen LogP contribution in [0.5, 0.6) is 0 Å². The minimum atomic E-state index is -3.96. The highest BCUT2D eigenvalue weighted by Gasteiger charge is 2.36. The number of nitrogens with zero attached hydrogens (tertiary/aromatic N) is 2. The second-order valence-corrected chi connectivity index (χ2v) is 7.06. The van der Waals surface area contributed by atoms with Crippen molar-refractivity contribution in [2.75, 3.05) is 6.54 Å². The molecule has 2 aromatic rings. The van der Waals surface area contributed by atoms with E-state index in [1.807, 2.05) is 0 Å². The van der Waals surface area contributed by atoms with Crippen LogP contribution >= 0.6 is 0 Å². The standard InChI is InChI=1S/C15H14F2N2O2S/c16-12-7-13(17)9-14(8-12)22(20,21)19-6-2-4-15(19)11-3-1-5-18-10-11/h1,3,5,7-10,15H,2,4,6H2. The van der Waals surface area contributed by atoms with Gasteiger partial charge in [-0.1, -0.05) is 6.07 Å². The summed E-state index contributed by atoms with van der Waals surface area (Å²) in [5, 5.41) is 0. The molecular weight excluding hydrogens is 310 g/mol. The Balaban J connectivity index is 2.01. The Kier molecular flexibility index (Phi) is 3.92. The molecule has 7 heteroatoms. The van der Waals surface area contributed by atoms with Crippen LogP contribution in [0.4, 0.5) is 8.78 Å². The lowest BCUT2D eigenvalue weighted by molar-refractivity contribution is 0.395. The predicted octanol–water partition coefficient (Wildman–Crippen LogP) is 2.89. The highest BCUT2D eigenvalue weighted by molar-refractivity contribution is 7.89. The average molecular weight is 324 g/mol. The lowest BCUT2D eigenvalue weighted by Crippen LogP contribution is -2.30. The van der Waals surface area contributed by atoms with Crippen LogP contribution in [0.15, 0.2) is 47.6 Å². The van der Waals surface area contributed by atoms with Crippen molar-refractivity contribution >= 4 is 10.0 Å². The summed E-state index contributed by atoms with van der Waals surface area (Å²) in [6.07, 6.45) is 4.57. The maximum Gasteiger partial charge on any atom is 0.243 e. The van der Waals surface area contributed by atoms with Gasteiger partial charge in [-0.15, -0.1) is 0 Å². The molecule has 1 aromatic heterocycles. The van der Waals surface area contributed by atoms with Crippen molar-refractivity contribution in [1.29, 1.82) is 0 Å². The van der Waals surface area contributed by atoms with Crippen LogP contribution in [0.1, 0.15) is 24.4 Å². The molecule has 3 rings (SSSR count). The Morgan fingerprint density at radius 1 is 1.18 bits per heavy atom. The Bertz CT molecular complexity index is 761. The van der Waals surface area contributed by atoms with Crippen molar-refractivity contribution in [1.82, 2.24) is 9.29 Å². The van der Waals surface area contributed by atoms with E-state index >= 15 is 0 Å². The van der Waals surface area contributed by atoms with E-state index in [1.54, 1.807) is 24.5 Å². The van der Waals surface area contributed by atoms with E-state index in [1.165, 1.54) is 4.31 Å². The highest BCUT2D eigenvalue weighted by Crippen LogP contribution is 2.36. The molecule has 116 valence electrons. The van der Waals surface area contributed by atoms with Gasteiger partial charge < -0.3 is 0 Å². The minimum Gasteiger partial charge on any atom is -0.264 e. The average Bonchev–Trinajstić information content (AvgIpc) is 2.97. The summed E-state index contributed by atoms with van der Waals surface area (Å²) in [5.74, 6) is -1.81. The fourth-order valence-electron chi connectivity index (χ4n) is 2.75. The molecule has 1 atom stereocenters. The molecule has 1 saturated heterocycles. The third-order valence-electron chi connectivity index (χ3n) is 3.72. The fraction of sp³-hybridized carbons (Fsp3) is 0.267. The topological polar surface area (TPSA) is 50.3 Å². The van der Waals surface area contributed by atoms with Gasteiger partial charge in [-0.2, -0.15) is 4.31 Å². The summed E-state index contributed by atoms with van der Waals surface area (Å²) >= 11 is 0. The van der Waals surface area contributed by atoms with Gasteiger partial charge in [0.1, 0.15) is 11.6 Å². The quantitative estimate of drug-likeness (QED) is 0.872. The van der Waals surface area contributed by atoms with Crippen LogP contribution < -0.4 is 0 Å². The fourth-order valence-corrected chi connectivity index (χ4v) is 4.47. The molecule has 0 spiro atoms. The van der Waals surface area contributed by atoms with Crippen molar-refractivity contribution in [3.05, 3.63) is 59.9 Å². The monoisotopic (exact) mass is 324 g/mol. The Morgan fingerprint density at radius 3 is 2.55 bits per heavy atom. The van der Waals surface area contributed by atoms with Gasteiger partial charge in [0.15, 0.2) is 0 Å². The van der Waals surface area contributed by atoms with Gasteiger partial charge in [-0.3, -0.25) is 4.98 Å². The third kappa shape index (κ3) is 2.74. The zero-order valence-electron chi connectivity index (χ0n) is 11.6. The molecule has 0 saturated carbocycles. The molecule has 22 heavy (non-hydrogen) atoms. The summed E-state index contributed by atoms with van der Waals surface area (Å²) in [7, 11) is -3.96. The van der Waals surface area contributed by atoms with Crippen LogP contribution in [0, 0.1) is 11.6 Å². The van der Waals surface area contributed by atoms with Crippen LogP contribution in [0.2, 0.25) is 0 Å². The molecule has 0 bridgehead atoms. The summed E-state index contributed by atoms with van der Waals surface area (Å²) in [5.41, 5.74) is 0.778. The van der Waals surface area contributed by atoms with Crippen molar-refractivity contribution in [2.24, 2.45) is 0 Å². The van der Waals surface area contributed by atoms with Gasteiger partial charge in [0.05, 0.1) is 10.9 Å². The summed E-state index contributed by atoms with van der Waals surface area (Å²) < 4.78 is 53.3. The molecule has 1 aliphatic rings. The van der Waals surface area contributed by atoms with Gasteiger partial charge >= 0.3 is 0 Å². The molecular formula is C15H14F2N2O2S. The molecule has 0 radical (unpaired) electrons. The molecule has 0 N–H and O–H groups in total. The van der Waals surface area contributed by atoms with Crippen molar-refractivity contribution in [2.45, 2.75) is 23.8 Å². The summed E-state index contributed by atoms with van der Waals surface area (Å²) in [6.45, 7) is 0.319. The second kappa shape index (κ2) is 5.73. The molecule has 0 aliphatic carbocycles. The van der Waals surface area contributed by atoms with Gasteiger partial charge in [-0.25, -0.2) is 17.2 Å². The molecule has 1 aliphatic heterocycles. The molecule has 2 heterocycles. The zero-order chi connectivity index (χ0) is 15.7. The largest absolute Gasteiger partial charge is 0.264 e. The predicted molar refractivity (Wildman–Crippen MR) is 76.5 cm³/mol. The summed E-state index contributed by atoms with van der Waals surface area (Å²) in [6, 6.07) is 5.53. The molecule has 1 unspecified atom stereocenters. The van der Waals surface area contributed by atoms with E-state index in [-0.39, 0.29) is 10.9 Å². The lowest BCUT2D eigenvalue weighted by Gasteiger charge is -2.24. The first kappa shape index (κ1) is 15.1. The highest BCUT2D eigenvalue weighted by atomic mass is 32.2. The first-order chi connectivity index (χ1) is 10.5. The van der Waals surface area contributed by atoms with Crippen molar-refractivity contribution in [3.63, 3.8) is 0 Å². The van der Waals surface area contributed by atoms with E-state index in [9.17, 15) is 17.2 Å².